The average molecular weight is 499 g/mol. The van der Waals surface area contributed by atoms with Gasteiger partial charge in [-0.1, -0.05) is 51.1 Å². The molecule has 0 aliphatic heterocycles. The molecule has 1 aromatic carbocycles. The first-order chi connectivity index (χ1) is 16.7. The fraction of sp³-hybridized carbons (Fsp3) is 0.480. The number of pyridine rings is 1. The molecule has 5 atom stereocenters. The van der Waals surface area contributed by atoms with E-state index < -0.39 is 15.3 Å². The fourth-order valence-corrected chi connectivity index (χ4v) is 4.87. The van der Waals surface area contributed by atoms with Crippen LogP contribution in [0.4, 0.5) is 11.6 Å². The molecular weight excluding hydrogens is 464 g/mol. The zero-order chi connectivity index (χ0) is 25.2. The van der Waals surface area contributed by atoms with Gasteiger partial charge in [-0.05, 0) is 49.3 Å². The molecule has 10 heteroatoms. The van der Waals surface area contributed by atoms with Gasteiger partial charge in [0.2, 0.25) is 21.8 Å². The second-order valence-corrected chi connectivity index (χ2v) is 11.6. The topological polar surface area (TPSA) is 136 Å². The van der Waals surface area contributed by atoms with E-state index in [0.717, 1.165) is 12.1 Å². The number of hydrogen-bond acceptors (Lipinski definition) is 8. The molecule has 1 fully saturated rings. The van der Waals surface area contributed by atoms with Gasteiger partial charge in [-0.25, -0.2) is 13.4 Å². The molecule has 0 spiro atoms. The zero-order valence-corrected chi connectivity index (χ0v) is 21.4. The van der Waals surface area contributed by atoms with E-state index in [4.69, 9.17) is 10.2 Å². The smallest absolute Gasteiger partial charge is 0.248 e. The van der Waals surface area contributed by atoms with Crippen molar-refractivity contribution in [2.45, 2.75) is 57.7 Å². The van der Waals surface area contributed by atoms with E-state index in [0.29, 0.717) is 35.5 Å². The minimum Gasteiger partial charge on any atom is -0.420 e. The van der Waals surface area contributed by atoms with E-state index in [1.165, 1.54) is 6.42 Å². The molecule has 188 valence electrons. The number of hydrogen-bond donors (Lipinski definition) is 3. The lowest BCUT2D eigenvalue weighted by molar-refractivity contribution is 0.431. The van der Waals surface area contributed by atoms with Crippen molar-refractivity contribution in [3.05, 3.63) is 53.9 Å². The van der Waals surface area contributed by atoms with Gasteiger partial charge in [0.1, 0.15) is 11.6 Å². The number of anilines is 2. The first-order valence-electron chi connectivity index (χ1n) is 12.1. The second kappa shape index (κ2) is 10.3. The molecular formula is C25H34N6O3S. The number of nitrogens with zero attached hydrogens (tertiary/aromatic N) is 3. The summed E-state index contributed by atoms with van der Waals surface area (Å²) in [6, 6.07) is 12.9. The highest BCUT2D eigenvalue weighted by Crippen LogP contribution is 2.38. The summed E-state index contributed by atoms with van der Waals surface area (Å²) in [7, 11) is -3.58. The Bertz CT molecular complexity index is 1250. The van der Waals surface area contributed by atoms with Crippen LogP contribution in [0.25, 0.3) is 11.5 Å². The van der Waals surface area contributed by atoms with Crippen LogP contribution in [0, 0.1) is 11.8 Å². The van der Waals surface area contributed by atoms with Crippen LogP contribution in [0.1, 0.15) is 64.0 Å². The van der Waals surface area contributed by atoms with Crippen LogP contribution in [0.3, 0.4) is 0 Å². The van der Waals surface area contributed by atoms with Crippen molar-refractivity contribution < 1.29 is 12.8 Å². The van der Waals surface area contributed by atoms with Crippen molar-refractivity contribution in [1.82, 2.24) is 15.2 Å². The van der Waals surface area contributed by atoms with Crippen LogP contribution in [-0.2, 0) is 10.0 Å². The highest BCUT2D eigenvalue weighted by atomic mass is 32.2. The zero-order valence-electron chi connectivity index (χ0n) is 20.6. The van der Waals surface area contributed by atoms with E-state index in [9.17, 15) is 8.42 Å². The Morgan fingerprint density at radius 3 is 2.49 bits per heavy atom. The Hall–Kier alpha value is -2.98. The van der Waals surface area contributed by atoms with E-state index >= 15 is 0 Å². The molecule has 4 N–H and O–H groups in total. The summed E-state index contributed by atoms with van der Waals surface area (Å²) < 4.78 is 34.0. The van der Waals surface area contributed by atoms with Crippen molar-refractivity contribution in [2.24, 2.45) is 17.6 Å². The summed E-state index contributed by atoms with van der Waals surface area (Å²) >= 11 is 0. The summed E-state index contributed by atoms with van der Waals surface area (Å²) in [6.45, 7) is 8.42. The largest absolute Gasteiger partial charge is 0.420 e. The number of rotatable bonds is 11. The quantitative estimate of drug-likeness (QED) is 0.350. The highest BCUT2D eigenvalue weighted by Gasteiger charge is 2.32. The monoisotopic (exact) mass is 498 g/mol. The lowest BCUT2D eigenvalue weighted by atomic mass is 9.95. The van der Waals surface area contributed by atoms with Gasteiger partial charge in [-0.15, -0.1) is 10.2 Å². The van der Waals surface area contributed by atoms with E-state index in [-0.39, 0.29) is 23.7 Å². The van der Waals surface area contributed by atoms with Crippen molar-refractivity contribution in [1.29, 1.82) is 0 Å². The molecule has 0 saturated heterocycles. The van der Waals surface area contributed by atoms with Gasteiger partial charge >= 0.3 is 0 Å². The number of aromatic nitrogens is 3. The third-order valence-electron chi connectivity index (χ3n) is 6.80. The first kappa shape index (κ1) is 25.1. The van der Waals surface area contributed by atoms with Crippen LogP contribution in [0.5, 0.6) is 0 Å². The molecule has 0 bridgehead atoms. The molecule has 2 heterocycles. The third kappa shape index (κ3) is 5.99. The maximum Gasteiger partial charge on any atom is 0.248 e. The van der Waals surface area contributed by atoms with Crippen molar-refractivity contribution >= 4 is 21.7 Å². The van der Waals surface area contributed by atoms with Crippen LogP contribution in [-0.4, -0.2) is 35.4 Å². The molecule has 35 heavy (non-hydrogen) atoms. The van der Waals surface area contributed by atoms with Gasteiger partial charge in [-0.2, -0.15) is 0 Å². The predicted octanol–water partition coefficient (Wildman–Crippen LogP) is 4.54. The van der Waals surface area contributed by atoms with Crippen LogP contribution in [0.15, 0.2) is 46.9 Å². The van der Waals surface area contributed by atoms with Crippen molar-refractivity contribution in [2.75, 3.05) is 16.6 Å². The van der Waals surface area contributed by atoms with Crippen LogP contribution >= 0.6 is 0 Å². The van der Waals surface area contributed by atoms with E-state index in [2.05, 4.69) is 32.1 Å². The third-order valence-corrected chi connectivity index (χ3v) is 8.68. The van der Waals surface area contributed by atoms with Gasteiger partial charge in [-0.3, -0.25) is 4.72 Å². The molecule has 0 radical (unpaired) electrons. The summed E-state index contributed by atoms with van der Waals surface area (Å²) in [6.07, 6.45) is 1.67. The van der Waals surface area contributed by atoms with Crippen molar-refractivity contribution in [3.8, 4) is 11.5 Å². The van der Waals surface area contributed by atoms with Gasteiger partial charge < -0.3 is 15.5 Å². The molecule has 1 aliphatic rings. The highest BCUT2D eigenvalue weighted by molar-refractivity contribution is 7.93. The molecule has 3 aromatic rings. The molecule has 2 aromatic heterocycles. The first-order valence-corrected chi connectivity index (χ1v) is 13.6. The summed E-state index contributed by atoms with van der Waals surface area (Å²) in [5.41, 5.74) is 7.99. The molecule has 1 aliphatic carbocycles. The van der Waals surface area contributed by atoms with Gasteiger partial charge in [0, 0.05) is 18.2 Å². The Kier molecular flexibility index (Phi) is 7.42. The molecule has 0 amide bonds. The van der Waals surface area contributed by atoms with Gasteiger partial charge in [0.05, 0.1) is 11.2 Å². The summed E-state index contributed by atoms with van der Waals surface area (Å²) in [5, 5.41) is 11.2. The van der Waals surface area contributed by atoms with Crippen LogP contribution < -0.4 is 15.8 Å². The lowest BCUT2D eigenvalue weighted by Crippen LogP contribution is -2.25. The Balaban J connectivity index is 1.60. The van der Waals surface area contributed by atoms with E-state index in [1.54, 1.807) is 19.1 Å². The molecule has 1 saturated carbocycles. The molecule has 4 rings (SSSR count). The summed E-state index contributed by atoms with van der Waals surface area (Å²) in [5.74, 6) is 2.52. The van der Waals surface area contributed by atoms with Crippen molar-refractivity contribution in [3.63, 3.8) is 0 Å². The minimum absolute atomic E-state index is 0.210. The Labute approximate surface area is 207 Å². The number of sulfonamides is 1. The van der Waals surface area contributed by atoms with Gasteiger partial charge in [0.15, 0.2) is 0 Å². The molecule has 5 unspecified atom stereocenters. The average Bonchev–Trinajstić information content (AvgIpc) is 3.34. The second-order valence-electron chi connectivity index (χ2n) is 9.52. The Morgan fingerprint density at radius 1 is 1.14 bits per heavy atom. The lowest BCUT2D eigenvalue weighted by Gasteiger charge is -2.16. The SMILES string of the molecule is CCC(C)S(=O)(=O)Nc1cc(-c2nnc(C(C)C(N)c3ccccc3)o2)cc(NCC2CC2C)n1. The van der Waals surface area contributed by atoms with Crippen LogP contribution in [0.2, 0.25) is 0 Å². The number of nitrogens with one attached hydrogen (secondary N) is 2. The summed E-state index contributed by atoms with van der Waals surface area (Å²) in [4.78, 5) is 4.48. The minimum atomic E-state index is -3.58. The predicted molar refractivity (Wildman–Crippen MR) is 137 cm³/mol. The normalized spacial score (nSPS) is 20.1. The maximum atomic E-state index is 12.7. The number of benzene rings is 1. The standard InChI is InChI=1S/C25H34N6O3S/c1-5-16(3)35(32,33)31-22-13-19(12-21(28-22)27-14-20-11-15(20)2)25-30-29-24(34-25)17(4)23(26)18-9-7-6-8-10-18/h6-10,12-13,15-17,20,23H,5,11,14,26H2,1-4H3,(H2,27,28,31). The molecule has 9 nitrogen and oxygen atoms in total. The van der Waals surface area contributed by atoms with E-state index in [1.807, 2.05) is 44.2 Å². The maximum absolute atomic E-state index is 12.7. The fourth-order valence-electron chi connectivity index (χ4n) is 3.83. The van der Waals surface area contributed by atoms with Gasteiger partial charge in [0.25, 0.3) is 0 Å². The number of nitrogens with two attached hydrogens (primary N) is 1. The Morgan fingerprint density at radius 2 is 1.83 bits per heavy atom.